The molecule has 1 aliphatic rings. The number of benzene rings is 3. The van der Waals surface area contributed by atoms with Crippen LogP contribution in [0.5, 0.6) is 11.5 Å². The third-order valence-electron chi connectivity index (χ3n) is 5.38. The van der Waals surface area contributed by atoms with Crippen molar-refractivity contribution in [2.75, 3.05) is 18.1 Å². The van der Waals surface area contributed by atoms with E-state index >= 15 is 0 Å². The van der Waals surface area contributed by atoms with E-state index in [0.29, 0.717) is 33.1 Å². The molecule has 3 aromatic carbocycles. The molecule has 0 aromatic heterocycles. The molecule has 4 rings (SSSR count). The van der Waals surface area contributed by atoms with E-state index in [1.165, 1.54) is 22.2 Å². The Labute approximate surface area is 220 Å². The minimum Gasteiger partial charge on any atom is -0.490 e. The first kappa shape index (κ1) is 25.3. The third-order valence-corrected chi connectivity index (χ3v) is 6.92. The summed E-state index contributed by atoms with van der Waals surface area (Å²) in [4.78, 5) is 15.0. The summed E-state index contributed by atoms with van der Waals surface area (Å²) in [5.41, 5.74) is 2.95. The number of thioether (sulfide) groups is 1. The molecular weight excluding hydrogens is 498 g/mol. The van der Waals surface area contributed by atoms with Crippen LogP contribution in [0.2, 0.25) is 5.02 Å². The van der Waals surface area contributed by atoms with Gasteiger partial charge in [-0.1, -0.05) is 86.7 Å². The lowest BCUT2D eigenvalue weighted by Crippen LogP contribution is -2.27. The Morgan fingerprint density at radius 3 is 2.11 bits per heavy atom. The molecule has 0 radical (unpaired) electrons. The lowest BCUT2D eigenvalue weighted by Gasteiger charge is -2.19. The molecule has 35 heavy (non-hydrogen) atoms. The Kier molecular flexibility index (Phi) is 7.85. The molecule has 0 spiro atoms. The molecule has 0 aliphatic carbocycles. The first-order valence-corrected chi connectivity index (χ1v) is 12.8. The number of hydrogen-bond donors (Lipinski definition) is 0. The third kappa shape index (κ3) is 6.45. The lowest BCUT2D eigenvalue weighted by molar-refractivity contribution is -0.113. The number of ether oxygens (including phenoxy) is 2. The van der Waals surface area contributed by atoms with Crippen LogP contribution in [0.1, 0.15) is 31.9 Å². The second-order valence-electron chi connectivity index (χ2n) is 9.04. The van der Waals surface area contributed by atoms with Gasteiger partial charge in [0.2, 0.25) is 0 Å². The van der Waals surface area contributed by atoms with Crippen molar-refractivity contribution in [2.24, 2.45) is 0 Å². The van der Waals surface area contributed by atoms with Gasteiger partial charge in [-0.2, -0.15) is 0 Å². The molecular formula is C28H26ClNO3S2. The highest BCUT2D eigenvalue weighted by atomic mass is 35.5. The fraction of sp³-hybridized carbons (Fsp3) is 0.214. The number of halogens is 1. The van der Waals surface area contributed by atoms with Crippen molar-refractivity contribution in [3.8, 4) is 11.5 Å². The minimum atomic E-state index is -0.157. The fourth-order valence-corrected chi connectivity index (χ4v) is 4.97. The molecule has 0 atom stereocenters. The Morgan fingerprint density at radius 2 is 1.54 bits per heavy atom. The Morgan fingerprint density at radius 1 is 0.943 bits per heavy atom. The zero-order valence-corrected chi connectivity index (χ0v) is 22.2. The van der Waals surface area contributed by atoms with E-state index in [2.05, 4.69) is 32.9 Å². The van der Waals surface area contributed by atoms with Crippen molar-refractivity contribution in [3.05, 3.63) is 93.9 Å². The number of thiocarbonyl (C=S) groups is 1. The summed E-state index contributed by atoms with van der Waals surface area (Å²) < 4.78 is 12.1. The molecule has 0 bridgehead atoms. The van der Waals surface area contributed by atoms with Gasteiger partial charge in [-0.25, -0.2) is 0 Å². The van der Waals surface area contributed by atoms with Gasteiger partial charge in [-0.05, 0) is 65.1 Å². The Hall–Kier alpha value is -2.80. The van der Waals surface area contributed by atoms with E-state index in [4.69, 9.17) is 33.3 Å². The van der Waals surface area contributed by atoms with E-state index in [9.17, 15) is 4.79 Å². The highest BCUT2D eigenvalue weighted by Crippen LogP contribution is 2.36. The van der Waals surface area contributed by atoms with Gasteiger partial charge in [0.05, 0.1) is 10.6 Å². The molecule has 1 heterocycles. The summed E-state index contributed by atoms with van der Waals surface area (Å²) in [5.74, 6) is 1.41. The van der Waals surface area contributed by atoms with Crippen LogP contribution in [0.15, 0.2) is 77.7 Å². The standard InChI is InChI=1S/C28H26ClNO3S2/c1-28(2,3)20-9-13-24(14-10-20)33-16-15-32-23-11-7-19(8-12-23)17-25-26(31)30(27(34)35-25)22-6-4-5-21(29)18-22/h4-14,17-18H,15-16H2,1-3H3/b25-17+. The molecule has 1 saturated heterocycles. The van der Waals surface area contributed by atoms with E-state index in [1.807, 2.05) is 48.5 Å². The van der Waals surface area contributed by atoms with Crippen molar-refractivity contribution >= 4 is 57.6 Å². The van der Waals surface area contributed by atoms with Gasteiger partial charge in [0.1, 0.15) is 24.7 Å². The average Bonchev–Trinajstić information content (AvgIpc) is 3.10. The predicted molar refractivity (Wildman–Crippen MR) is 150 cm³/mol. The quantitative estimate of drug-likeness (QED) is 0.182. The van der Waals surface area contributed by atoms with E-state index in [0.717, 1.165) is 17.1 Å². The summed E-state index contributed by atoms with van der Waals surface area (Å²) >= 11 is 12.8. The molecule has 1 amide bonds. The molecule has 7 heteroatoms. The van der Waals surface area contributed by atoms with Crippen molar-refractivity contribution < 1.29 is 14.3 Å². The van der Waals surface area contributed by atoms with Crippen LogP contribution in [0.25, 0.3) is 6.08 Å². The normalized spacial score (nSPS) is 15.1. The number of carbonyl (C=O) groups excluding carboxylic acids is 1. The van der Waals surface area contributed by atoms with Crippen LogP contribution >= 0.6 is 35.6 Å². The summed E-state index contributed by atoms with van der Waals surface area (Å²) in [6, 6.07) is 22.8. The Balaban J connectivity index is 1.30. The molecule has 1 fully saturated rings. The second kappa shape index (κ2) is 10.9. The number of hydrogen-bond acceptors (Lipinski definition) is 5. The maximum atomic E-state index is 12.9. The monoisotopic (exact) mass is 523 g/mol. The minimum absolute atomic E-state index is 0.120. The van der Waals surface area contributed by atoms with Crippen LogP contribution in [0.3, 0.4) is 0 Å². The van der Waals surface area contributed by atoms with Crippen molar-refractivity contribution in [1.82, 2.24) is 0 Å². The lowest BCUT2D eigenvalue weighted by atomic mass is 9.87. The molecule has 0 unspecified atom stereocenters. The van der Waals surface area contributed by atoms with Gasteiger partial charge < -0.3 is 9.47 Å². The molecule has 180 valence electrons. The highest BCUT2D eigenvalue weighted by Gasteiger charge is 2.33. The number of rotatable bonds is 7. The van der Waals surface area contributed by atoms with Gasteiger partial charge in [0.15, 0.2) is 4.32 Å². The SMILES string of the molecule is CC(C)(C)c1ccc(OCCOc2ccc(/C=C3/SC(=S)N(c4cccc(Cl)c4)C3=O)cc2)cc1. The first-order chi connectivity index (χ1) is 16.7. The highest BCUT2D eigenvalue weighted by molar-refractivity contribution is 8.27. The van der Waals surface area contributed by atoms with Crippen molar-refractivity contribution in [2.45, 2.75) is 26.2 Å². The summed E-state index contributed by atoms with van der Waals surface area (Å²) in [6.45, 7) is 7.44. The zero-order valence-electron chi connectivity index (χ0n) is 19.8. The number of nitrogens with zero attached hydrogens (tertiary/aromatic N) is 1. The number of carbonyl (C=O) groups is 1. The summed E-state index contributed by atoms with van der Waals surface area (Å²) in [7, 11) is 0. The van der Waals surface area contributed by atoms with Crippen molar-refractivity contribution in [3.63, 3.8) is 0 Å². The van der Waals surface area contributed by atoms with Gasteiger partial charge in [-0.15, -0.1) is 0 Å². The van der Waals surface area contributed by atoms with Gasteiger partial charge in [0, 0.05) is 5.02 Å². The van der Waals surface area contributed by atoms with Crippen LogP contribution in [-0.2, 0) is 10.2 Å². The first-order valence-electron chi connectivity index (χ1n) is 11.2. The van der Waals surface area contributed by atoms with Crippen molar-refractivity contribution in [1.29, 1.82) is 0 Å². The summed E-state index contributed by atoms with van der Waals surface area (Å²) in [6.07, 6.45) is 1.83. The smallest absolute Gasteiger partial charge is 0.270 e. The number of anilines is 1. The van der Waals surface area contributed by atoms with E-state index in [1.54, 1.807) is 18.2 Å². The van der Waals surface area contributed by atoms with Gasteiger partial charge >= 0.3 is 0 Å². The zero-order chi connectivity index (χ0) is 25.0. The van der Waals surface area contributed by atoms with Gasteiger partial charge in [0.25, 0.3) is 5.91 Å². The maximum absolute atomic E-state index is 12.9. The Bertz CT molecular complexity index is 1250. The maximum Gasteiger partial charge on any atom is 0.270 e. The summed E-state index contributed by atoms with van der Waals surface area (Å²) in [5, 5.41) is 0.556. The van der Waals surface area contributed by atoms with Gasteiger partial charge in [-0.3, -0.25) is 9.69 Å². The largest absolute Gasteiger partial charge is 0.490 e. The second-order valence-corrected chi connectivity index (χ2v) is 11.1. The fourth-order valence-electron chi connectivity index (χ4n) is 3.49. The molecule has 3 aromatic rings. The topological polar surface area (TPSA) is 38.8 Å². The molecule has 0 saturated carbocycles. The average molecular weight is 524 g/mol. The molecule has 0 N–H and O–H groups in total. The molecule has 1 aliphatic heterocycles. The van der Waals surface area contributed by atoms with Crippen LogP contribution in [0, 0.1) is 0 Å². The van der Waals surface area contributed by atoms with Crippen LogP contribution in [0.4, 0.5) is 5.69 Å². The van der Waals surface area contributed by atoms with E-state index in [-0.39, 0.29) is 11.3 Å². The predicted octanol–water partition coefficient (Wildman–Crippen LogP) is 7.50. The van der Waals surface area contributed by atoms with Crippen LogP contribution < -0.4 is 14.4 Å². The van der Waals surface area contributed by atoms with E-state index < -0.39 is 0 Å². The molecule has 4 nitrogen and oxygen atoms in total. The van der Waals surface area contributed by atoms with Crippen LogP contribution in [-0.4, -0.2) is 23.4 Å². The number of amides is 1.